The smallest absolute Gasteiger partial charge is 0.191 e. The maximum absolute atomic E-state index is 9.28. The molecule has 8 heavy (non-hydrogen) atoms. The molecular weight excluding hydrogens is 186 g/mol. The van der Waals surface area contributed by atoms with Gasteiger partial charge < -0.3 is 0 Å². The molecule has 0 aromatic rings. The maximum Gasteiger partial charge on any atom is 0.191 e. The standard InChI is InChI=1S/ClH3N2O4.Co/c2-3-7-1(4,5)6;/h3H,2H2;. The van der Waals surface area contributed by atoms with Gasteiger partial charge >= 0.3 is 0 Å². The number of nitrogens with two attached hydrogens (primary N) is 1. The van der Waals surface area contributed by atoms with E-state index in [1.807, 2.05) is 0 Å². The predicted octanol–water partition coefficient (Wildman–Crippen LogP) is -4.72. The predicted molar refractivity (Wildman–Crippen MR) is 8.41 cm³/mol. The Bertz CT molecular complexity index is 52.5. The number of halogens is 1. The van der Waals surface area contributed by atoms with Crippen LogP contribution >= 0.6 is 0 Å². The third-order valence-corrected chi connectivity index (χ3v) is 0.417. The Morgan fingerprint density at radius 3 is 1.75 bits per heavy atom. The van der Waals surface area contributed by atoms with E-state index < -0.39 is 10.2 Å². The van der Waals surface area contributed by atoms with Crippen molar-refractivity contribution in [3.63, 3.8) is 0 Å². The first-order valence-electron chi connectivity index (χ1n) is 1.11. The van der Waals surface area contributed by atoms with Crippen LogP contribution in [0.25, 0.3) is 0 Å². The van der Waals surface area contributed by atoms with Crippen LogP contribution in [0.5, 0.6) is 0 Å². The van der Waals surface area contributed by atoms with Crippen molar-refractivity contribution in [2.24, 2.45) is 5.84 Å². The molecule has 0 saturated carbocycles. The van der Waals surface area contributed by atoms with E-state index in [4.69, 9.17) is 0 Å². The van der Waals surface area contributed by atoms with Gasteiger partial charge in [-0.2, -0.15) is 14.0 Å². The monoisotopic (exact) mass is 189 g/mol. The van der Waals surface area contributed by atoms with Crippen LogP contribution < -0.4 is 25.4 Å². The molecule has 0 aliphatic rings. The fourth-order valence-corrected chi connectivity index (χ4v) is 0.164. The third-order valence-electron chi connectivity index (χ3n) is 0.139. The van der Waals surface area contributed by atoms with Gasteiger partial charge in [0.15, 0.2) is 4.39 Å². The van der Waals surface area contributed by atoms with Gasteiger partial charge in [0, 0.05) is 22.4 Å². The fraction of sp³-hybridized carbons (Fsp3) is 0. The molecule has 0 heterocycles. The Morgan fingerprint density at radius 2 is 1.75 bits per heavy atom. The van der Waals surface area contributed by atoms with Crippen LogP contribution in [0.3, 0.4) is 0 Å². The van der Waals surface area contributed by atoms with Crippen molar-refractivity contribution in [3.8, 4) is 0 Å². The first kappa shape index (κ1) is 11.4. The molecule has 8 heteroatoms. The molecule has 0 atom stereocenters. The van der Waals surface area contributed by atoms with Crippen molar-refractivity contribution in [1.82, 2.24) is 5.59 Å². The van der Waals surface area contributed by atoms with Crippen molar-refractivity contribution in [1.29, 1.82) is 0 Å². The summed E-state index contributed by atoms with van der Waals surface area (Å²) in [6.45, 7) is 0. The van der Waals surface area contributed by atoms with E-state index in [1.54, 1.807) is 0 Å². The van der Waals surface area contributed by atoms with Crippen LogP contribution in [0.1, 0.15) is 0 Å². The van der Waals surface area contributed by atoms with Crippen LogP contribution in [0.2, 0.25) is 0 Å². The average Bonchev–Trinajstić information content (AvgIpc) is 1.30. The van der Waals surface area contributed by atoms with E-state index in [0.29, 0.717) is 0 Å². The molecule has 0 aliphatic carbocycles. The molecule has 0 bridgehead atoms. The molecule has 0 saturated heterocycles. The van der Waals surface area contributed by atoms with Crippen molar-refractivity contribution >= 4 is 0 Å². The zero-order valence-electron chi connectivity index (χ0n) is 3.42. The Hall–Kier alpha value is 0.556. The normalized spacial score (nSPS) is 10.5. The van der Waals surface area contributed by atoms with Crippen LogP contribution in [-0.2, 0) is 21.2 Å². The van der Waals surface area contributed by atoms with Gasteiger partial charge in [0.25, 0.3) is 0 Å². The Balaban J connectivity index is 0. The minimum Gasteiger partial charge on any atom is -0.235 e. The zero-order chi connectivity index (χ0) is 5.91. The zero-order valence-corrected chi connectivity index (χ0v) is 5.22. The number of rotatable bonds is 2. The fourth-order valence-electron chi connectivity index (χ4n) is 0.0546. The molecular formula is H3ClCoN2O4. The van der Waals surface area contributed by atoms with Gasteiger partial charge in [0.05, 0.1) is 0 Å². The topological polar surface area (TPSA) is 116 Å². The van der Waals surface area contributed by atoms with Gasteiger partial charge in [-0.3, -0.25) is 0 Å². The van der Waals surface area contributed by atoms with Crippen molar-refractivity contribution in [2.45, 2.75) is 0 Å². The van der Waals surface area contributed by atoms with E-state index in [-0.39, 0.29) is 16.8 Å². The van der Waals surface area contributed by atoms with Gasteiger partial charge in [-0.25, -0.2) is 5.84 Å². The Labute approximate surface area is 57.5 Å². The second-order valence-corrected chi connectivity index (χ2v) is 1.48. The van der Waals surface area contributed by atoms with E-state index in [9.17, 15) is 14.0 Å². The maximum atomic E-state index is 9.28. The van der Waals surface area contributed by atoms with Crippen LogP contribution in [0.15, 0.2) is 0 Å². The van der Waals surface area contributed by atoms with Gasteiger partial charge in [-0.05, 0) is 0 Å². The summed E-state index contributed by atoms with van der Waals surface area (Å²) in [4.78, 5) is 0. The molecule has 0 aromatic carbocycles. The molecule has 0 aliphatic heterocycles. The molecule has 0 rings (SSSR count). The first-order chi connectivity index (χ1) is 3.06. The van der Waals surface area contributed by atoms with E-state index in [2.05, 4.69) is 10.2 Å². The third kappa shape index (κ3) is 9.75. The summed E-state index contributed by atoms with van der Waals surface area (Å²) in [6, 6.07) is 0. The Kier molecular flexibility index (Phi) is 6.30. The SMILES string of the molecule is NNO[Cl+3]([O-])([O-])[O-].[Co]. The molecule has 0 aromatic heterocycles. The first-order valence-corrected chi connectivity index (χ1v) is 2.34. The minimum absolute atomic E-state index is 0. The molecule has 3 N–H and O–H groups in total. The summed E-state index contributed by atoms with van der Waals surface area (Å²) in [5, 5.41) is 0. The largest absolute Gasteiger partial charge is 0.235 e. The summed E-state index contributed by atoms with van der Waals surface area (Å²) in [6.07, 6.45) is 0. The molecule has 53 valence electrons. The molecule has 6 nitrogen and oxygen atoms in total. The quantitative estimate of drug-likeness (QED) is 0.333. The van der Waals surface area contributed by atoms with Crippen LogP contribution in [-0.4, -0.2) is 0 Å². The average molecular weight is 189 g/mol. The molecule has 0 amide bonds. The van der Waals surface area contributed by atoms with Crippen LogP contribution in [0.4, 0.5) is 0 Å². The van der Waals surface area contributed by atoms with Gasteiger partial charge in [0.2, 0.25) is 0 Å². The molecule has 1 radical (unpaired) electrons. The number of hydrogen-bond donors (Lipinski definition) is 2. The Morgan fingerprint density at radius 1 is 1.38 bits per heavy atom. The number of nitrogens with one attached hydrogen (secondary N) is 1. The van der Waals surface area contributed by atoms with E-state index >= 15 is 0 Å². The summed E-state index contributed by atoms with van der Waals surface area (Å²) in [7, 11) is -4.42. The van der Waals surface area contributed by atoms with Gasteiger partial charge in [-0.15, -0.1) is 0 Å². The van der Waals surface area contributed by atoms with E-state index in [0.717, 1.165) is 0 Å². The van der Waals surface area contributed by atoms with Crippen molar-refractivity contribution in [3.05, 3.63) is 0 Å². The van der Waals surface area contributed by atoms with Gasteiger partial charge in [-0.1, -0.05) is 0 Å². The number of hydrogen-bond acceptors (Lipinski definition) is 6. The molecule has 0 unspecified atom stereocenters. The van der Waals surface area contributed by atoms with Gasteiger partial charge in [0.1, 0.15) is 10.2 Å². The van der Waals surface area contributed by atoms with Crippen molar-refractivity contribution < 1.29 is 45.4 Å². The van der Waals surface area contributed by atoms with Crippen LogP contribution in [0, 0.1) is 10.2 Å². The summed E-state index contributed by atoms with van der Waals surface area (Å²) in [5.74, 6) is 4.26. The molecule has 0 fully saturated rings. The number of hydrazine groups is 1. The molecule has 0 spiro atoms. The second kappa shape index (κ2) is 4.44. The summed E-state index contributed by atoms with van der Waals surface area (Å²) in [5.41, 5.74) is 1.19. The summed E-state index contributed by atoms with van der Waals surface area (Å²) < 4.78 is 31.0. The minimum atomic E-state index is -4.42. The van der Waals surface area contributed by atoms with E-state index in [1.165, 1.54) is 5.59 Å². The summed E-state index contributed by atoms with van der Waals surface area (Å²) >= 11 is 0. The van der Waals surface area contributed by atoms with Crippen molar-refractivity contribution in [2.75, 3.05) is 0 Å². The second-order valence-electron chi connectivity index (χ2n) is 0.573.